The molecule has 2 unspecified atom stereocenters. The van der Waals surface area contributed by atoms with Gasteiger partial charge in [-0.25, -0.2) is 0 Å². The van der Waals surface area contributed by atoms with E-state index in [1.54, 1.807) is 6.20 Å². The fraction of sp³-hybridized carbons (Fsp3) is 0.600. The van der Waals surface area contributed by atoms with E-state index in [2.05, 4.69) is 17.2 Å². The third-order valence-corrected chi connectivity index (χ3v) is 4.40. The van der Waals surface area contributed by atoms with E-state index < -0.39 is 0 Å². The molecule has 0 radical (unpaired) electrons. The largest absolute Gasteiger partial charge is 0.344 e. The summed E-state index contributed by atoms with van der Waals surface area (Å²) in [6.45, 7) is 4.57. The molecule has 0 saturated heterocycles. The van der Waals surface area contributed by atoms with Gasteiger partial charge in [0.25, 0.3) is 5.91 Å². The highest BCUT2D eigenvalue weighted by molar-refractivity contribution is 5.94. The number of aryl methyl sites for hydroxylation is 1. The number of pyridine rings is 1. The van der Waals surface area contributed by atoms with Gasteiger partial charge >= 0.3 is 0 Å². The number of aromatic nitrogens is 1. The predicted octanol–water partition coefficient (Wildman–Crippen LogP) is 2.03. The lowest BCUT2D eigenvalue weighted by molar-refractivity contribution is 0.0807. The summed E-state index contributed by atoms with van der Waals surface area (Å²) in [7, 11) is 0. The number of carbonyl (C=O) groups excluding carboxylic acids is 1. The average molecular weight is 261 g/mol. The zero-order valence-corrected chi connectivity index (χ0v) is 11.8. The van der Waals surface area contributed by atoms with Gasteiger partial charge < -0.3 is 11.1 Å². The Labute approximate surface area is 114 Å². The summed E-state index contributed by atoms with van der Waals surface area (Å²) in [6, 6.07) is 3.75. The van der Waals surface area contributed by atoms with Crippen molar-refractivity contribution in [3.63, 3.8) is 0 Å². The van der Waals surface area contributed by atoms with Gasteiger partial charge in [0.2, 0.25) is 0 Å². The van der Waals surface area contributed by atoms with Crippen LogP contribution in [0.5, 0.6) is 0 Å². The van der Waals surface area contributed by atoms with Crippen LogP contribution in [0.15, 0.2) is 18.3 Å². The van der Waals surface area contributed by atoms with Crippen LogP contribution in [0, 0.1) is 12.8 Å². The Hall–Kier alpha value is -1.42. The fourth-order valence-corrected chi connectivity index (χ4v) is 2.96. The molecular formula is C15H23N3O. The summed E-state index contributed by atoms with van der Waals surface area (Å²) < 4.78 is 0. The molecule has 1 aromatic heterocycles. The third kappa shape index (κ3) is 2.78. The second-order valence-electron chi connectivity index (χ2n) is 5.63. The second kappa shape index (κ2) is 5.70. The van der Waals surface area contributed by atoms with Crippen molar-refractivity contribution in [2.45, 2.75) is 45.1 Å². The summed E-state index contributed by atoms with van der Waals surface area (Å²) in [5, 5.41) is 3.16. The molecule has 2 rings (SSSR count). The molecule has 0 spiro atoms. The fourth-order valence-electron chi connectivity index (χ4n) is 2.96. The van der Waals surface area contributed by atoms with Crippen LogP contribution in [-0.4, -0.2) is 23.0 Å². The Morgan fingerprint density at radius 3 is 3.00 bits per heavy atom. The Balaban J connectivity index is 2.19. The van der Waals surface area contributed by atoms with E-state index in [1.165, 1.54) is 6.42 Å². The van der Waals surface area contributed by atoms with Gasteiger partial charge in [-0.2, -0.15) is 0 Å². The first-order valence-corrected chi connectivity index (χ1v) is 7.03. The minimum absolute atomic E-state index is 0.0997. The molecule has 1 amide bonds. The van der Waals surface area contributed by atoms with Crippen LogP contribution in [0.4, 0.5) is 0 Å². The Bertz CT molecular complexity index is 460. The number of hydrogen-bond donors (Lipinski definition) is 2. The van der Waals surface area contributed by atoms with E-state index in [0.717, 1.165) is 24.8 Å². The lowest BCUT2D eigenvalue weighted by atomic mass is 9.73. The summed E-state index contributed by atoms with van der Waals surface area (Å²) >= 11 is 0. The predicted molar refractivity (Wildman–Crippen MR) is 75.9 cm³/mol. The molecule has 0 aliphatic heterocycles. The van der Waals surface area contributed by atoms with E-state index in [4.69, 9.17) is 5.73 Å². The summed E-state index contributed by atoms with van der Waals surface area (Å²) in [6.07, 6.45) is 6.09. The molecular weight excluding hydrogens is 238 g/mol. The van der Waals surface area contributed by atoms with Crippen molar-refractivity contribution in [1.82, 2.24) is 10.3 Å². The normalized spacial score (nSPS) is 27.0. The van der Waals surface area contributed by atoms with Gasteiger partial charge in [0.1, 0.15) is 5.69 Å². The molecule has 0 bridgehead atoms. The zero-order valence-electron chi connectivity index (χ0n) is 11.8. The maximum absolute atomic E-state index is 12.4. The van der Waals surface area contributed by atoms with Crippen LogP contribution in [0.25, 0.3) is 0 Å². The van der Waals surface area contributed by atoms with Crippen molar-refractivity contribution in [2.24, 2.45) is 11.7 Å². The minimum atomic E-state index is -0.265. The molecule has 0 aromatic carbocycles. The zero-order chi connectivity index (χ0) is 13.9. The molecule has 1 aliphatic carbocycles. The summed E-state index contributed by atoms with van der Waals surface area (Å²) in [5.74, 6) is 0.316. The SMILES string of the molecule is Cc1cccnc1C(=O)NC1(CN)CCCCC1C. The lowest BCUT2D eigenvalue weighted by Gasteiger charge is -2.42. The van der Waals surface area contributed by atoms with Gasteiger partial charge in [-0.1, -0.05) is 25.8 Å². The lowest BCUT2D eigenvalue weighted by Crippen LogP contribution is -2.59. The molecule has 1 aliphatic rings. The number of carbonyl (C=O) groups is 1. The van der Waals surface area contributed by atoms with Crippen LogP contribution >= 0.6 is 0 Å². The molecule has 1 saturated carbocycles. The molecule has 104 valence electrons. The molecule has 2 atom stereocenters. The van der Waals surface area contributed by atoms with Crippen molar-refractivity contribution in [3.05, 3.63) is 29.6 Å². The van der Waals surface area contributed by atoms with Crippen LogP contribution < -0.4 is 11.1 Å². The Morgan fingerprint density at radius 2 is 2.37 bits per heavy atom. The molecule has 3 N–H and O–H groups in total. The van der Waals surface area contributed by atoms with Crippen molar-refractivity contribution < 1.29 is 4.79 Å². The Kier molecular flexibility index (Phi) is 4.20. The van der Waals surface area contributed by atoms with Gasteiger partial charge in [0.15, 0.2) is 0 Å². The molecule has 1 fully saturated rings. The third-order valence-electron chi connectivity index (χ3n) is 4.40. The van der Waals surface area contributed by atoms with Crippen molar-refractivity contribution in [2.75, 3.05) is 6.54 Å². The second-order valence-corrected chi connectivity index (χ2v) is 5.63. The monoisotopic (exact) mass is 261 g/mol. The molecule has 4 nitrogen and oxygen atoms in total. The number of nitrogens with two attached hydrogens (primary N) is 1. The van der Waals surface area contributed by atoms with E-state index >= 15 is 0 Å². The first kappa shape index (κ1) is 14.0. The number of amides is 1. The minimum Gasteiger partial charge on any atom is -0.344 e. The quantitative estimate of drug-likeness (QED) is 0.874. The summed E-state index contributed by atoms with van der Waals surface area (Å²) in [5.41, 5.74) is 7.10. The standard InChI is InChI=1S/C15H23N3O/c1-11-6-5-9-17-13(11)14(19)18-15(10-16)8-4-3-7-12(15)2/h5-6,9,12H,3-4,7-8,10,16H2,1-2H3,(H,18,19). The number of nitrogens with zero attached hydrogens (tertiary/aromatic N) is 1. The topological polar surface area (TPSA) is 68.0 Å². The Morgan fingerprint density at radius 1 is 1.58 bits per heavy atom. The van der Waals surface area contributed by atoms with Crippen molar-refractivity contribution in [3.8, 4) is 0 Å². The first-order valence-electron chi connectivity index (χ1n) is 7.03. The van der Waals surface area contributed by atoms with Gasteiger partial charge in [-0.3, -0.25) is 9.78 Å². The maximum atomic E-state index is 12.4. The highest BCUT2D eigenvalue weighted by Crippen LogP contribution is 2.33. The van der Waals surface area contributed by atoms with Crippen molar-refractivity contribution >= 4 is 5.91 Å². The first-order chi connectivity index (χ1) is 9.09. The van der Waals surface area contributed by atoms with Crippen LogP contribution in [-0.2, 0) is 0 Å². The van der Waals surface area contributed by atoms with Gasteiger partial charge in [0.05, 0.1) is 5.54 Å². The van der Waals surface area contributed by atoms with Crippen molar-refractivity contribution in [1.29, 1.82) is 0 Å². The average Bonchev–Trinajstić information content (AvgIpc) is 2.42. The maximum Gasteiger partial charge on any atom is 0.270 e. The van der Waals surface area contributed by atoms with Gasteiger partial charge in [-0.15, -0.1) is 0 Å². The molecule has 1 aromatic rings. The molecule has 1 heterocycles. The molecule has 4 heteroatoms. The van der Waals surface area contributed by atoms with E-state index in [0.29, 0.717) is 18.2 Å². The van der Waals surface area contributed by atoms with Crippen LogP contribution in [0.3, 0.4) is 0 Å². The summed E-state index contributed by atoms with van der Waals surface area (Å²) in [4.78, 5) is 16.6. The molecule has 19 heavy (non-hydrogen) atoms. The van der Waals surface area contributed by atoms with Gasteiger partial charge in [0, 0.05) is 12.7 Å². The van der Waals surface area contributed by atoms with Gasteiger partial charge in [-0.05, 0) is 37.3 Å². The van der Waals surface area contributed by atoms with Crippen LogP contribution in [0.1, 0.15) is 48.7 Å². The number of rotatable bonds is 3. The highest BCUT2D eigenvalue weighted by Gasteiger charge is 2.38. The van der Waals surface area contributed by atoms with E-state index in [9.17, 15) is 4.79 Å². The smallest absolute Gasteiger partial charge is 0.270 e. The number of hydrogen-bond acceptors (Lipinski definition) is 3. The highest BCUT2D eigenvalue weighted by atomic mass is 16.2. The van der Waals surface area contributed by atoms with E-state index in [1.807, 2.05) is 19.1 Å². The number of nitrogens with one attached hydrogen (secondary N) is 1. The van der Waals surface area contributed by atoms with E-state index in [-0.39, 0.29) is 11.4 Å². The van der Waals surface area contributed by atoms with Crippen LogP contribution in [0.2, 0.25) is 0 Å².